The van der Waals surface area contributed by atoms with Crippen LogP contribution in [0.15, 0.2) is 237 Å². The van der Waals surface area contributed by atoms with E-state index in [-0.39, 0.29) is 0 Å². The van der Waals surface area contributed by atoms with E-state index in [1.165, 1.54) is 10.8 Å². The molecule has 0 unspecified atom stereocenters. The van der Waals surface area contributed by atoms with Crippen LogP contribution >= 0.6 is 0 Å². The first-order valence-electron chi connectivity index (χ1n) is 21.2. The van der Waals surface area contributed by atoms with Crippen molar-refractivity contribution in [2.24, 2.45) is 0 Å². The Hall–Kier alpha value is -8.54. The summed E-state index contributed by atoms with van der Waals surface area (Å²) < 4.78 is 12.6. The molecule has 63 heavy (non-hydrogen) atoms. The van der Waals surface area contributed by atoms with Crippen LogP contribution in [0, 0.1) is 0 Å². The summed E-state index contributed by atoms with van der Waals surface area (Å²) in [4.78, 5) is 6.91. The minimum absolute atomic E-state index is 0.839. The van der Waals surface area contributed by atoms with Gasteiger partial charge in [0, 0.05) is 28.4 Å². The van der Waals surface area contributed by atoms with Gasteiger partial charge in [0.05, 0.1) is 22.7 Å². The zero-order valence-electron chi connectivity index (χ0n) is 34.2. The van der Waals surface area contributed by atoms with Crippen molar-refractivity contribution in [3.63, 3.8) is 0 Å². The predicted molar refractivity (Wildman–Crippen MR) is 259 cm³/mol. The molecule has 10 aromatic rings. The fourth-order valence-corrected chi connectivity index (χ4v) is 8.98. The van der Waals surface area contributed by atoms with Crippen LogP contribution in [0.3, 0.4) is 0 Å². The number of nitrogens with zero attached hydrogens (tertiary/aromatic N) is 3. The van der Waals surface area contributed by atoms with E-state index >= 15 is 0 Å². The average molecular weight is 810 g/mol. The van der Waals surface area contributed by atoms with Crippen molar-refractivity contribution in [2.75, 3.05) is 14.7 Å². The zero-order valence-corrected chi connectivity index (χ0v) is 34.2. The van der Waals surface area contributed by atoms with Crippen LogP contribution < -0.4 is 24.2 Å². The van der Waals surface area contributed by atoms with Crippen molar-refractivity contribution in [1.82, 2.24) is 0 Å². The SMILES string of the molecule is c1cc(-c2ccc(N(c3ccc(-c4cccc(N5c6ccccc6Oc6ccccc65)c4)cc3)c3ccc4ccccc4c3)cc2)cc(N2c3ccccc3Oc3ccccc32)c1. The second kappa shape index (κ2) is 15.2. The predicted octanol–water partition coefficient (Wildman–Crippen LogP) is 16.8. The second-order valence-electron chi connectivity index (χ2n) is 15.8. The lowest BCUT2D eigenvalue weighted by atomic mass is 10.0. The Morgan fingerprint density at radius 3 is 1.10 bits per heavy atom. The highest BCUT2D eigenvalue weighted by atomic mass is 16.5. The summed E-state index contributed by atoms with van der Waals surface area (Å²) in [6.07, 6.45) is 0. The fraction of sp³-hybridized carbons (Fsp3) is 0. The molecule has 5 nitrogen and oxygen atoms in total. The topological polar surface area (TPSA) is 28.2 Å². The molecule has 0 saturated carbocycles. The van der Waals surface area contributed by atoms with Gasteiger partial charge < -0.3 is 24.2 Å². The number of benzene rings is 10. The zero-order chi connectivity index (χ0) is 41.7. The maximum absolute atomic E-state index is 6.30. The van der Waals surface area contributed by atoms with E-state index in [0.29, 0.717) is 0 Å². The molecule has 2 heterocycles. The quantitative estimate of drug-likeness (QED) is 0.160. The molecule has 2 aliphatic rings. The molecular formula is C58H39N3O2. The van der Waals surface area contributed by atoms with Gasteiger partial charge in [0.1, 0.15) is 0 Å². The fourth-order valence-electron chi connectivity index (χ4n) is 8.98. The van der Waals surface area contributed by atoms with E-state index in [1.54, 1.807) is 0 Å². The van der Waals surface area contributed by atoms with Crippen molar-refractivity contribution in [2.45, 2.75) is 0 Å². The monoisotopic (exact) mass is 809 g/mol. The molecule has 5 heteroatoms. The van der Waals surface area contributed by atoms with Crippen molar-refractivity contribution < 1.29 is 9.47 Å². The first-order chi connectivity index (χ1) is 31.2. The molecule has 2 aliphatic heterocycles. The molecule has 0 radical (unpaired) electrons. The minimum Gasteiger partial charge on any atom is -0.453 e. The lowest BCUT2D eigenvalue weighted by Gasteiger charge is -2.33. The van der Waals surface area contributed by atoms with Crippen LogP contribution in [0.4, 0.5) is 51.2 Å². The Morgan fingerprint density at radius 2 is 0.651 bits per heavy atom. The summed E-state index contributed by atoms with van der Waals surface area (Å²) in [6.45, 7) is 0. The van der Waals surface area contributed by atoms with Gasteiger partial charge in [-0.1, -0.05) is 127 Å². The number of anilines is 9. The maximum Gasteiger partial charge on any atom is 0.151 e. The molecule has 298 valence electrons. The van der Waals surface area contributed by atoms with E-state index in [2.05, 4.69) is 203 Å². The summed E-state index contributed by atoms with van der Waals surface area (Å²) in [5.41, 5.74) is 14.0. The van der Waals surface area contributed by atoms with E-state index in [9.17, 15) is 0 Å². The molecule has 0 amide bonds. The van der Waals surface area contributed by atoms with Crippen molar-refractivity contribution in [3.8, 4) is 45.3 Å². The van der Waals surface area contributed by atoms with Gasteiger partial charge in [0.25, 0.3) is 0 Å². The summed E-state index contributed by atoms with van der Waals surface area (Å²) in [7, 11) is 0. The lowest BCUT2D eigenvalue weighted by molar-refractivity contribution is 0.477. The van der Waals surface area contributed by atoms with Gasteiger partial charge in [-0.15, -0.1) is 0 Å². The lowest BCUT2D eigenvalue weighted by Crippen LogP contribution is -2.15. The Labute approximate surface area is 366 Å². The molecule has 0 aromatic heterocycles. The maximum atomic E-state index is 6.30. The number of hydrogen-bond acceptors (Lipinski definition) is 5. The molecule has 0 aliphatic carbocycles. The van der Waals surface area contributed by atoms with Crippen LogP contribution in [0.1, 0.15) is 0 Å². The molecule has 10 aromatic carbocycles. The van der Waals surface area contributed by atoms with Crippen molar-refractivity contribution in [1.29, 1.82) is 0 Å². The Morgan fingerprint density at radius 1 is 0.270 bits per heavy atom. The molecular weight excluding hydrogens is 771 g/mol. The third-order valence-corrected chi connectivity index (χ3v) is 12.0. The van der Waals surface area contributed by atoms with Crippen LogP contribution in [0.5, 0.6) is 23.0 Å². The number of fused-ring (bicyclic) bond motifs is 5. The van der Waals surface area contributed by atoms with Gasteiger partial charge in [0.2, 0.25) is 0 Å². The summed E-state index contributed by atoms with van der Waals surface area (Å²) in [5.74, 6) is 3.36. The van der Waals surface area contributed by atoms with Gasteiger partial charge in [-0.2, -0.15) is 0 Å². The molecule has 0 fully saturated rings. The summed E-state index contributed by atoms with van der Waals surface area (Å²) in [5, 5.41) is 2.40. The minimum atomic E-state index is 0.839. The molecule has 0 saturated heterocycles. The Balaban J connectivity index is 0.892. The molecule has 0 N–H and O–H groups in total. The van der Waals surface area contributed by atoms with Crippen molar-refractivity contribution in [3.05, 3.63) is 237 Å². The summed E-state index contributed by atoms with van der Waals surface area (Å²) in [6, 6.07) is 83.4. The van der Waals surface area contributed by atoms with Gasteiger partial charge in [-0.05, 0) is 142 Å². The van der Waals surface area contributed by atoms with E-state index in [4.69, 9.17) is 9.47 Å². The molecule has 12 rings (SSSR count). The van der Waals surface area contributed by atoms with Gasteiger partial charge in [-0.3, -0.25) is 0 Å². The smallest absolute Gasteiger partial charge is 0.151 e. The Kier molecular flexibility index (Phi) is 8.75. The number of para-hydroxylation sites is 8. The van der Waals surface area contributed by atoms with Gasteiger partial charge in [-0.25, -0.2) is 0 Å². The standard InChI is InChI=1S/C58H39N3O2/c1-2-14-43-39-50(36-31-40(43)13-1)59(46-32-27-41(28-33-46)44-15-11-17-48(37-44)60-51-19-3-7-23-55(51)62-56-24-8-4-20-52(56)60)47-34-29-42(30-35-47)45-16-12-18-49(38-45)61-53-21-5-9-25-57(53)63-58-26-10-6-22-54(58)61/h1-39H. The number of hydrogen-bond donors (Lipinski definition) is 0. The molecule has 0 atom stereocenters. The number of rotatable bonds is 7. The third-order valence-electron chi connectivity index (χ3n) is 12.0. The van der Waals surface area contributed by atoms with Crippen LogP contribution in [-0.2, 0) is 0 Å². The van der Waals surface area contributed by atoms with E-state index < -0.39 is 0 Å². The molecule has 0 bridgehead atoms. The van der Waals surface area contributed by atoms with E-state index in [0.717, 1.165) is 96.4 Å². The highest BCUT2D eigenvalue weighted by Gasteiger charge is 2.27. The van der Waals surface area contributed by atoms with Crippen LogP contribution in [0.2, 0.25) is 0 Å². The first kappa shape index (κ1) is 36.3. The first-order valence-corrected chi connectivity index (χ1v) is 21.2. The normalized spacial score (nSPS) is 12.3. The van der Waals surface area contributed by atoms with Crippen LogP contribution in [0.25, 0.3) is 33.0 Å². The average Bonchev–Trinajstić information content (AvgIpc) is 3.35. The second-order valence-corrected chi connectivity index (χ2v) is 15.8. The van der Waals surface area contributed by atoms with Crippen LogP contribution in [-0.4, -0.2) is 0 Å². The molecule has 0 spiro atoms. The van der Waals surface area contributed by atoms with E-state index in [1.807, 2.05) is 48.5 Å². The number of ether oxygens (including phenoxy) is 2. The highest BCUT2D eigenvalue weighted by Crippen LogP contribution is 2.52. The summed E-state index contributed by atoms with van der Waals surface area (Å²) >= 11 is 0. The third kappa shape index (κ3) is 6.51. The Bertz CT molecular complexity index is 3050. The largest absolute Gasteiger partial charge is 0.453 e. The van der Waals surface area contributed by atoms with Gasteiger partial charge >= 0.3 is 0 Å². The van der Waals surface area contributed by atoms with Gasteiger partial charge in [0.15, 0.2) is 23.0 Å². The van der Waals surface area contributed by atoms with Crippen molar-refractivity contribution >= 4 is 62.0 Å². The highest BCUT2D eigenvalue weighted by molar-refractivity contribution is 5.92.